The first kappa shape index (κ1) is 15.0. The molecular weight excluding hydrogens is 368 g/mol. The highest BCUT2D eigenvalue weighted by Crippen LogP contribution is 2.25. The van der Waals surface area contributed by atoms with Crippen LogP contribution in [0, 0.1) is 10.1 Å². The van der Waals surface area contributed by atoms with Gasteiger partial charge >= 0.3 is 0 Å². The van der Waals surface area contributed by atoms with Gasteiger partial charge in [0.2, 0.25) is 0 Å². The molecule has 0 saturated heterocycles. The molecule has 104 valence electrons. The highest BCUT2D eigenvalue weighted by atomic mass is 79.9. The lowest BCUT2D eigenvalue weighted by Gasteiger charge is -2.05. The van der Waals surface area contributed by atoms with Gasteiger partial charge < -0.3 is 5.32 Å². The van der Waals surface area contributed by atoms with Crippen molar-refractivity contribution in [2.45, 2.75) is 6.54 Å². The molecule has 1 aromatic carbocycles. The van der Waals surface area contributed by atoms with Crippen LogP contribution in [0.4, 0.5) is 5.69 Å². The van der Waals surface area contributed by atoms with Gasteiger partial charge in [-0.3, -0.25) is 14.9 Å². The molecule has 8 heteroatoms. The molecule has 1 aromatic heterocycles. The van der Waals surface area contributed by atoms with Crippen LogP contribution in [0.15, 0.2) is 34.1 Å². The van der Waals surface area contributed by atoms with Crippen molar-refractivity contribution in [2.24, 2.45) is 0 Å². The maximum Gasteiger partial charge on any atom is 0.287 e. The summed E-state index contributed by atoms with van der Waals surface area (Å²) >= 11 is 10.7. The van der Waals surface area contributed by atoms with Crippen LogP contribution >= 0.6 is 38.9 Å². The standard InChI is InChI=1S/C12H8BrClN2O3S/c13-8-3-4-20-11(8)6-15-12(17)7-1-2-10(16(18)19)9(14)5-7/h1-5H,6H2,(H,15,17). The topological polar surface area (TPSA) is 72.2 Å². The highest BCUT2D eigenvalue weighted by molar-refractivity contribution is 9.10. The summed E-state index contributed by atoms with van der Waals surface area (Å²) in [6, 6.07) is 5.79. The van der Waals surface area contributed by atoms with E-state index >= 15 is 0 Å². The van der Waals surface area contributed by atoms with Gasteiger partial charge in [-0.15, -0.1) is 11.3 Å². The van der Waals surface area contributed by atoms with Crippen LogP contribution in [-0.2, 0) is 6.54 Å². The fourth-order valence-electron chi connectivity index (χ4n) is 1.51. The predicted molar refractivity (Wildman–Crippen MR) is 81.3 cm³/mol. The predicted octanol–water partition coefficient (Wildman–Crippen LogP) is 4.00. The molecule has 1 heterocycles. The normalized spacial score (nSPS) is 10.3. The number of nitro groups is 1. The minimum Gasteiger partial charge on any atom is -0.347 e. The molecule has 0 aliphatic carbocycles. The van der Waals surface area contributed by atoms with Crippen LogP contribution in [0.25, 0.3) is 0 Å². The van der Waals surface area contributed by atoms with E-state index < -0.39 is 4.92 Å². The number of carbonyl (C=O) groups excluding carboxylic acids is 1. The first-order chi connectivity index (χ1) is 9.49. The molecule has 20 heavy (non-hydrogen) atoms. The van der Waals surface area contributed by atoms with Gasteiger partial charge in [0, 0.05) is 21.0 Å². The zero-order chi connectivity index (χ0) is 14.7. The van der Waals surface area contributed by atoms with E-state index in [1.165, 1.54) is 29.5 Å². The van der Waals surface area contributed by atoms with Crippen LogP contribution in [0.2, 0.25) is 5.02 Å². The summed E-state index contributed by atoms with van der Waals surface area (Å²) in [7, 11) is 0. The molecule has 1 N–H and O–H groups in total. The number of hydrogen-bond donors (Lipinski definition) is 1. The molecule has 0 spiro atoms. The molecule has 0 aliphatic rings. The molecule has 0 bridgehead atoms. The van der Waals surface area contributed by atoms with Crippen LogP contribution in [-0.4, -0.2) is 10.8 Å². The Labute approximate surface area is 131 Å². The Morgan fingerprint density at radius 3 is 2.75 bits per heavy atom. The van der Waals surface area contributed by atoms with Crippen molar-refractivity contribution >= 4 is 50.5 Å². The van der Waals surface area contributed by atoms with E-state index in [-0.39, 0.29) is 22.2 Å². The van der Waals surface area contributed by atoms with Crippen molar-refractivity contribution < 1.29 is 9.72 Å². The summed E-state index contributed by atoms with van der Waals surface area (Å²) in [4.78, 5) is 23.0. The zero-order valence-electron chi connectivity index (χ0n) is 9.93. The molecule has 0 saturated carbocycles. The van der Waals surface area contributed by atoms with Gasteiger partial charge in [-0.1, -0.05) is 11.6 Å². The lowest BCUT2D eigenvalue weighted by atomic mass is 10.2. The molecular formula is C12H8BrClN2O3S. The second-order valence-corrected chi connectivity index (χ2v) is 6.06. The summed E-state index contributed by atoms with van der Waals surface area (Å²) in [5.41, 5.74) is 0.0671. The second kappa shape index (κ2) is 6.34. The Morgan fingerprint density at radius 2 is 2.20 bits per heavy atom. The number of nitro benzene ring substituents is 1. The summed E-state index contributed by atoms with van der Waals surface area (Å²) in [6.07, 6.45) is 0. The number of nitrogens with zero attached hydrogens (tertiary/aromatic N) is 1. The molecule has 0 fully saturated rings. The number of thiophene rings is 1. The molecule has 0 aliphatic heterocycles. The second-order valence-electron chi connectivity index (χ2n) is 3.80. The third-order valence-electron chi connectivity index (χ3n) is 2.51. The third kappa shape index (κ3) is 3.36. The Hall–Kier alpha value is -1.44. The van der Waals surface area contributed by atoms with Gasteiger partial charge in [0.25, 0.3) is 11.6 Å². The van der Waals surface area contributed by atoms with Crippen LogP contribution < -0.4 is 5.32 Å². The van der Waals surface area contributed by atoms with Crippen LogP contribution in [0.3, 0.4) is 0 Å². The van der Waals surface area contributed by atoms with E-state index in [0.717, 1.165) is 9.35 Å². The number of amides is 1. The smallest absolute Gasteiger partial charge is 0.287 e. The average molecular weight is 376 g/mol. The SMILES string of the molecule is O=C(NCc1sccc1Br)c1ccc([N+](=O)[O-])c(Cl)c1. The monoisotopic (exact) mass is 374 g/mol. The van der Waals surface area contributed by atoms with Gasteiger partial charge in [0.1, 0.15) is 5.02 Å². The Bertz CT molecular complexity index is 674. The first-order valence-electron chi connectivity index (χ1n) is 5.43. The van der Waals surface area contributed by atoms with Crippen molar-refractivity contribution in [1.82, 2.24) is 5.32 Å². The maximum absolute atomic E-state index is 11.9. The number of carbonyl (C=O) groups is 1. The van der Waals surface area contributed by atoms with Gasteiger partial charge in [0.15, 0.2) is 0 Å². The summed E-state index contributed by atoms with van der Waals surface area (Å²) in [5, 5.41) is 15.2. The number of hydrogen-bond acceptors (Lipinski definition) is 4. The lowest BCUT2D eigenvalue weighted by molar-refractivity contribution is -0.384. The van der Waals surface area contributed by atoms with Gasteiger partial charge in [-0.05, 0) is 39.5 Å². The van der Waals surface area contributed by atoms with Gasteiger partial charge in [-0.2, -0.15) is 0 Å². The largest absolute Gasteiger partial charge is 0.347 e. The minimum absolute atomic E-state index is 0.0556. The quantitative estimate of drug-likeness (QED) is 0.648. The van der Waals surface area contributed by atoms with Gasteiger partial charge in [-0.25, -0.2) is 0 Å². The summed E-state index contributed by atoms with van der Waals surface area (Å²) in [6.45, 7) is 0.381. The Kier molecular flexibility index (Phi) is 4.74. The average Bonchev–Trinajstić information content (AvgIpc) is 2.81. The van der Waals surface area contributed by atoms with E-state index in [1.807, 2.05) is 11.4 Å². The molecule has 0 atom stereocenters. The van der Waals surface area contributed by atoms with E-state index in [1.54, 1.807) is 0 Å². The molecule has 2 aromatic rings. The highest BCUT2D eigenvalue weighted by Gasteiger charge is 2.15. The fourth-order valence-corrected chi connectivity index (χ4v) is 3.19. The zero-order valence-corrected chi connectivity index (χ0v) is 13.1. The minimum atomic E-state index is -0.590. The van der Waals surface area contributed by atoms with E-state index in [2.05, 4.69) is 21.2 Å². The Morgan fingerprint density at radius 1 is 1.45 bits per heavy atom. The third-order valence-corrected chi connectivity index (χ3v) is 4.74. The van der Waals surface area contributed by atoms with Crippen molar-refractivity contribution in [3.63, 3.8) is 0 Å². The van der Waals surface area contributed by atoms with Crippen LogP contribution in [0.1, 0.15) is 15.2 Å². The number of benzene rings is 1. The number of rotatable bonds is 4. The Balaban J connectivity index is 2.08. The molecule has 1 amide bonds. The van der Waals surface area contributed by atoms with Crippen LogP contribution in [0.5, 0.6) is 0 Å². The van der Waals surface area contributed by atoms with Crippen molar-refractivity contribution in [2.75, 3.05) is 0 Å². The molecule has 2 rings (SSSR count). The number of halogens is 2. The van der Waals surface area contributed by atoms with E-state index in [9.17, 15) is 14.9 Å². The number of nitrogens with one attached hydrogen (secondary N) is 1. The van der Waals surface area contributed by atoms with Crippen molar-refractivity contribution in [3.8, 4) is 0 Å². The lowest BCUT2D eigenvalue weighted by Crippen LogP contribution is -2.22. The fraction of sp³-hybridized carbons (Fsp3) is 0.0833. The summed E-state index contributed by atoms with van der Waals surface area (Å²) < 4.78 is 0.935. The van der Waals surface area contributed by atoms with Crippen molar-refractivity contribution in [3.05, 3.63) is 59.7 Å². The van der Waals surface area contributed by atoms with E-state index in [0.29, 0.717) is 6.54 Å². The molecule has 5 nitrogen and oxygen atoms in total. The van der Waals surface area contributed by atoms with Gasteiger partial charge in [0.05, 0.1) is 11.5 Å². The van der Waals surface area contributed by atoms with Crippen molar-refractivity contribution in [1.29, 1.82) is 0 Å². The molecule has 0 radical (unpaired) electrons. The van der Waals surface area contributed by atoms with E-state index in [4.69, 9.17) is 11.6 Å². The first-order valence-corrected chi connectivity index (χ1v) is 7.48. The summed E-state index contributed by atoms with van der Waals surface area (Å²) in [5.74, 6) is -0.331. The molecule has 0 unspecified atom stereocenters. The maximum atomic E-state index is 11.9.